The first-order valence-electron chi connectivity index (χ1n) is 9.29. The summed E-state index contributed by atoms with van der Waals surface area (Å²) in [6, 6.07) is 9.54. The lowest BCUT2D eigenvalue weighted by Crippen LogP contribution is -2.37. The summed E-state index contributed by atoms with van der Waals surface area (Å²) >= 11 is 0. The lowest BCUT2D eigenvalue weighted by atomic mass is 9.77. The number of rotatable bonds is 3. The van der Waals surface area contributed by atoms with E-state index in [0.29, 0.717) is 12.1 Å². The highest BCUT2D eigenvalue weighted by Gasteiger charge is 2.44. The molecule has 1 aromatic heterocycles. The maximum Gasteiger partial charge on any atom is 0.107 e. The molecule has 0 amide bonds. The summed E-state index contributed by atoms with van der Waals surface area (Å²) < 4.78 is 8.41. The van der Waals surface area contributed by atoms with Crippen LogP contribution in [0, 0.1) is 18.8 Å². The molecule has 4 nitrogen and oxygen atoms in total. The summed E-state index contributed by atoms with van der Waals surface area (Å²) in [5.74, 6) is 2.67. The van der Waals surface area contributed by atoms with E-state index >= 15 is 0 Å². The summed E-state index contributed by atoms with van der Waals surface area (Å²) in [4.78, 5) is 7.42. The van der Waals surface area contributed by atoms with Crippen molar-refractivity contribution in [1.29, 1.82) is 0 Å². The highest BCUT2D eigenvalue weighted by Crippen LogP contribution is 2.44. The lowest BCUT2D eigenvalue weighted by molar-refractivity contribution is -0.0000819. The molecule has 24 heavy (non-hydrogen) atoms. The highest BCUT2D eigenvalue weighted by atomic mass is 16.5. The molecule has 2 heterocycles. The zero-order valence-corrected chi connectivity index (χ0v) is 15.3. The fourth-order valence-corrected chi connectivity index (χ4v) is 4.96. The van der Waals surface area contributed by atoms with Crippen molar-refractivity contribution >= 4 is 11.0 Å². The van der Waals surface area contributed by atoms with Gasteiger partial charge in [-0.2, -0.15) is 0 Å². The predicted molar refractivity (Wildman–Crippen MR) is 97.2 cm³/mol. The van der Waals surface area contributed by atoms with Crippen molar-refractivity contribution in [2.45, 2.75) is 51.8 Å². The third kappa shape index (κ3) is 2.56. The second-order valence-electron chi connectivity index (χ2n) is 7.90. The molecule has 130 valence electrons. The third-order valence-electron chi connectivity index (χ3n) is 6.25. The number of imidazole rings is 1. The second kappa shape index (κ2) is 6.16. The molecule has 0 radical (unpaired) electrons. The fraction of sp³-hybridized carbons (Fsp3) is 0.650. The van der Waals surface area contributed by atoms with Crippen molar-refractivity contribution < 1.29 is 4.74 Å². The molecule has 0 bridgehead atoms. The number of ether oxygens (including phenoxy) is 1. The Labute approximate surface area is 144 Å². The Balaban J connectivity index is 1.68. The van der Waals surface area contributed by atoms with Crippen molar-refractivity contribution in [2.24, 2.45) is 11.8 Å². The number of aromatic nitrogens is 2. The summed E-state index contributed by atoms with van der Waals surface area (Å²) in [6.07, 6.45) is 2.66. The monoisotopic (exact) mass is 327 g/mol. The number of likely N-dealkylation sites (tertiary alicyclic amines) is 1. The van der Waals surface area contributed by atoms with Crippen LogP contribution in [-0.4, -0.2) is 46.8 Å². The number of hydrogen-bond acceptors (Lipinski definition) is 3. The quantitative estimate of drug-likeness (QED) is 0.862. The van der Waals surface area contributed by atoms with Crippen LogP contribution in [-0.2, 0) is 4.74 Å². The van der Waals surface area contributed by atoms with E-state index in [1.807, 2.05) is 7.11 Å². The van der Waals surface area contributed by atoms with E-state index in [1.54, 1.807) is 0 Å². The molecule has 1 aromatic carbocycles. The number of para-hydroxylation sites is 2. The Morgan fingerprint density at radius 1 is 1.12 bits per heavy atom. The first-order chi connectivity index (χ1) is 11.6. The van der Waals surface area contributed by atoms with Crippen LogP contribution in [0.15, 0.2) is 24.3 Å². The molecular weight excluding hydrogens is 298 g/mol. The number of benzene rings is 1. The van der Waals surface area contributed by atoms with Gasteiger partial charge in [0.15, 0.2) is 0 Å². The number of fused-ring (bicyclic) bond motifs is 2. The molecule has 2 aromatic rings. The average Bonchev–Trinajstić information content (AvgIpc) is 3.12. The van der Waals surface area contributed by atoms with E-state index in [2.05, 4.69) is 54.5 Å². The molecule has 4 atom stereocenters. The van der Waals surface area contributed by atoms with E-state index < -0.39 is 0 Å². The molecule has 2 aliphatic rings. The molecule has 0 unspecified atom stereocenters. The summed E-state index contributed by atoms with van der Waals surface area (Å²) in [5.41, 5.74) is 2.35. The van der Waals surface area contributed by atoms with E-state index in [4.69, 9.17) is 9.72 Å². The summed E-state index contributed by atoms with van der Waals surface area (Å²) in [6.45, 7) is 9.24. The van der Waals surface area contributed by atoms with Gasteiger partial charge in [-0.1, -0.05) is 12.1 Å². The van der Waals surface area contributed by atoms with Crippen molar-refractivity contribution in [3.05, 3.63) is 30.1 Å². The van der Waals surface area contributed by atoms with Crippen LogP contribution in [0.5, 0.6) is 0 Å². The van der Waals surface area contributed by atoms with Crippen LogP contribution in [0.3, 0.4) is 0 Å². The SMILES string of the molecule is CO[C@H]1C[C@@H]2CN(C(C)C)C[C@@H]2C[C@@H]1n1c(C)nc2ccccc21. The smallest absolute Gasteiger partial charge is 0.107 e. The van der Waals surface area contributed by atoms with Crippen molar-refractivity contribution in [1.82, 2.24) is 14.5 Å². The zero-order chi connectivity index (χ0) is 16.8. The first-order valence-corrected chi connectivity index (χ1v) is 9.29. The molecule has 1 saturated heterocycles. The number of hydrogen-bond donors (Lipinski definition) is 0. The zero-order valence-electron chi connectivity index (χ0n) is 15.3. The van der Waals surface area contributed by atoms with Crippen molar-refractivity contribution in [2.75, 3.05) is 20.2 Å². The predicted octanol–water partition coefficient (Wildman–Crippen LogP) is 3.65. The van der Waals surface area contributed by atoms with Crippen LogP contribution in [0.1, 0.15) is 38.6 Å². The van der Waals surface area contributed by atoms with Gasteiger partial charge in [-0.25, -0.2) is 4.98 Å². The van der Waals surface area contributed by atoms with Crippen LogP contribution in [0.25, 0.3) is 11.0 Å². The maximum absolute atomic E-state index is 5.97. The summed E-state index contributed by atoms with van der Waals surface area (Å²) in [5, 5.41) is 0. The van der Waals surface area contributed by atoms with Crippen LogP contribution in [0.2, 0.25) is 0 Å². The van der Waals surface area contributed by atoms with Gasteiger partial charge in [-0.05, 0) is 57.6 Å². The normalized spacial score (nSPS) is 31.0. The van der Waals surface area contributed by atoms with Gasteiger partial charge in [0.05, 0.1) is 23.2 Å². The molecule has 0 spiro atoms. The minimum absolute atomic E-state index is 0.287. The van der Waals surface area contributed by atoms with Crippen molar-refractivity contribution in [3.8, 4) is 0 Å². The van der Waals surface area contributed by atoms with Crippen LogP contribution in [0.4, 0.5) is 0 Å². The minimum Gasteiger partial charge on any atom is -0.379 e. The molecular formula is C20H29N3O. The number of aryl methyl sites for hydroxylation is 1. The topological polar surface area (TPSA) is 30.3 Å². The number of methoxy groups -OCH3 is 1. The van der Waals surface area contributed by atoms with Gasteiger partial charge < -0.3 is 14.2 Å². The van der Waals surface area contributed by atoms with Gasteiger partial charge in [0.2, 0.25) is 0 Å². The Kier molecular flexibility index (Phi) is 4.13. The Morgan fingerprint density at radius 3 is 2.54 bits per heavy atom. The van der Waals surface area contributed by atoms with E-state index in [9.17, 15) is 0 Å². The third-order valence-corrected chi connectivity index (χ3v) is 6.25. The van der Waals surface area contributed by atoms with E-state index in [1.165, 1.54) is 31.4 Å². The summed E-state index contributed by atoms with van der Waals surface area (Å²) in [7, 11) is 1.88. The Bertz CT molecular complexity index is 723. The number of nitrogens with zero attached hydrogens (tertiary/aromatic N) is 3. The molecule has 0 N–H and O–H groups in total. The first kappa shape index (κ1) is 16.1. The highest BCUT2D eigenvalue weighted by molar-refractivity contribution is 5.76. The second-order valence-corrected chi connectivity index (χ2v) is 7.90. The maximum atomic E-state index is 5.97. The average molecular weight is 327 g/mol. The molecule has 4 heteroatoms. The molecule has 1 aliphatic carbocycles. The van der Waals surface area contributed by atoms with Gasteiger partial charge in [0.25, 0.3) is 0 Å². The van der Waals surface area contributed by atoms with E-state index in [-0.39, 0.29) is 6.10 Å². The Hall–Kier alpha value is -1.39. The van der Waals surface area contributed by atoms with Gasteiger partial charge in [-0.3, -0.25) is 0 Å². The van der Waals surface area contributed by atoms with Crippen LogP contribution >= 0.6 is 0 Å². The minimum atomic E-state index is 0.287. The molecule has 1 aliphatic heterocycles. The van der Waals surface area contributed by atoms with Crippen molar-refractivity contribution in [3.63, 3.8) is 0 Å². The van der Waals surface area contributed by atoms with Gasteiger partial charge in [0.1, 0.15) is 5.82 Å². The molecule has 1 saturated carbocycles. The van der Waals surface area contributed by atoms with Gasteiger partial charge in [-0.15, -0.1) is 0 Å². The standard InChI is InChI=1S/C20H29N3O/c1-13(2)22-11-15-9-19(20(24-4)10-16(15)12-22)23-14(3)21-17-7-5-6-8-18(17)23/h5-8,13,15-16,19-20H,9-12H2,1-4H3/t15-,16+,19-,20-/m0/s1. The van der Waals surface area contributed by atoms with Crippen LogP contribution < -0.4 is 0 Å². The molecule has 2 fully saturated rings. The Morgan fingerprint density at radius 2 is 1.83 bits per heavy atom. The lowest BCUT2D eigenvalue weighted by Gasteiger charge is -2.38. The van der Waals surface area contributed by atoms with Gasteiger partial charge in [0, 0.05) is 26.2 Å². The largest absolute Gasteiger partial charge is 0.379 e. The van der Waals surface area contributed by atoms with E-state index in [0.717, 1.165) is 23.2 Å². The molecule has 4 rings (SSSR count). The fourth-order valence-electron chi connectivity index (χ4n) is 4.96. The van der Waals surface area contributed by atoms with Gasteiger partial charge >= 0.3 is 0 Å².